The Kier molecular flexibility index (Phi) is 5.39. The number of amides is 1. The van der Waals surface area contributed by atoms with Crippen molar-refractivity contribution in [3.05, 3.63) is 83.4 Å². The van der Waals surface area contributed by atoms with Crippen LogP contribution in [-0.2, 0) is 0 Å². The predicted octanol–water partition coefficient (Wildman–Crippen LogP) is 5.56. The fraction of sp³-hybridized carbons (Fsp3) is 0.259. The van der Waals surface area contributed by atoms with Crippen molar-refractivity contribution in [2.24, 2.45) is 0 Å². The van der Waals surface area contributed by atoms with Crippen molar-refractivity contribution in [3.63, 3.8) is 0 Å². The highest BCUT2D eigenvalue weighted by Gasteiger charge is 2.26. The number of hydrogen-bond acceptors (Lipinski definition) is 3. The number of nitrogens with zero attached hydrogens (tertiary/aromatic N) is 2. The van der Waals surface area contributed by atoms with Gasteiger partial charge in [0.25, 0.3) is 5.91 Å². The summed E-state index contributed by atoms with van der Waals surface area (Å²) in [6, 6.07) is 22.5. The number of rotatable bonds is 4. The molecule has 5 heteroatoms. The molecule has 1 atom stereocenters. The summed E-state index contributed by atoms with van der Waals surface area (Å²) in [7, 11) is 0. The first-order valence-electron chi connectivity index (χ1n) is 11.3. The van der Waals surface area contributed by atoms with E-state index in [1.54, 1.807) is 0 Å². The number of H-pyrrole nitrogens is 1. The van der Waals surface area contributed by atoms with Crippen molar-refractivity contribution in [1.82, 2.24) is 14.9 Å². The van der Waals surface area contributed by atoms with Crippen LogP contribution in [0.5, 0.6) is 0 Å². The van der Waals surface area contributed by atoms with Crippen molar-refractivity contribution in [1.29, 1.82) is 0 Å². The number of nitrogens with one attached hydrogen (secondary N) is 2. The summed E-state index contributed by atoms with van der Waals surface area (Å²) >= 11 is 0. The van der Waals surface area contributed by atoms with Crippen LogP contribution in [0.2, 0.25) is 0 Å². The number of anilines is 1. The Hall–Kier alpha value is -3.60. The second-order valence-corrected chi connectivity index (χ2v) is 8.68. The van der Waals surface area contributed by atoms with Crippen LogP contribution < -0.4 is 5.32 Å². The lowest BCUT2D eigenvalue weighted by atomic mass is 9.95. The van der Waals surface area contributed by atoms with Gasteiger partial charge in [-0.3, -0.25) is 4.79 Å². The molecule has 3 aromatic carbocycles. The molecule has 2 N–H and O–H groups in total. The first-order valence-corrected chi connectivity index (χ1v) is 11.3. The van der Waals surface area contributed by atoms with Crippen molar-refractivity contribution < 1.29 is 4.79 Å². The molecule has 1 saturated heterocycles. The Morgan fingerprint density at radius 3 is 2.69 bits per heavy atom. The Bertz CT molecular complexity index is 1240. The van der Waals surface area contributed by atoms with Gasteiger partial charge in [-0.2, -0.15) is 0 Å². The number of imidazole rings is 1. The second-order valence-electron chi connectivity index (χ2n) is 8.68. The number of aromatic nitrogens is 2. The van der Waals surface area contributed by atoms with E-state index in [0.29, 0.717) is 6.54 Å². The van der Waals surface area contributed by atoms with Gasteiger partial charge in [0.05, 0.1) is 11.0 Å². The third-order valence-corrected chi connectivity index (χ3v) is 6.41. The summed E-state index contributed by atoms with van der Waals surface area (Å²) in [5, 5.41) is 3.51. The maximum absolute atomic E-state index is 13.6. The van der Waals surface area contributed by atoms with Gasteiger partial charge in [0.15, 0.2) is 0 Å². The van der Waals surface area contributed by atoms with E-state index in [1.807, 2.05) is 53.4 Å². The largest absolute Gasteiger partial charge is 0.351 e. The summed E-state index contributed by atoms with van der Waals surface area (Å²) in [6.45, 7) is 5.66. The molecule has 2 heterocycles. The second kappa shape index (κ2) is 8.50. The van der Waals surface area contributed by atoms with Crippen LogP contribution in [0.4, 0.5) is 5.95 Å². The van der Waals surface area contributed by atoms with E-state index < -0.39 is 0 Å². The number of hydrogen-bond donors (Lipinski definition) is 2. The molecule has 1 amide bonds. The van der Waals surface area contributed by atoms with Gasteiger partial charge in [0, 0.05) is 24.7 Å². The fourth-order valence-electron chi connectivity index (χ4n) is 4.49. The number of para-hydroxylation sites is 2. The monoisotopic (exact) mass is 424 g/mol. The van der Waals surface area contributed by atoms with Crippen LogP contribution in [0.25, 0.3) is 22.2 Å². The number of piperidine rings is 1. The van der Waals surface area contributed by atoms with Gasteiger partial charge in [-0.25, -0.2) is 4.98 Å². The molecule has 1 aliphatic rings. The molecule has 0 saturated carbocycles. The van der Waals surface area contributed by atoms with Gasteiger partial charge in [-0.1, -0.05) is 48.5 Å². The van der Waals surface area contributed by atoms with Gasteiger partial charge in [0.1, 0.15) is 0 Å². The van der Waals surface area contributed by atoms with E-state index in [1.165, 1.54) is 11.1 Å². The van der Waals surface area contributed by atoms with E-state index in [0.717, 1.165) is 53.1 Å². The molecular formula is C27H28N4O. The molecule has 32 heavy (non-hydrogen) atoms. The van der Waals surface area contributed by atoms with Crippen molar-refractivity contribution in [2.45, 2.75) is 32.7 Å². The smallest absolute Gasteiger partial charge is 0.254 e. The van der Waals surface area contributed by atoms with E-state index >= 15 is 0 Å². The van der Waals surface area contributed by atoms with Crippen LogP contribution in [0.15, 0.2) is 66.7 Å². The number of fused-ring (bicyclic) bond motifs is 1. The highest BCUT2D eigenvalue weighted by Crippen LogP contribution is 2.28. The molecule has 1 aromatic heterocycles. The minimum absolute atomic E-state index is 0.0925. The van der Waals surface area contributed by atoms with Gasteiger partial charge in [-0.15, -0.1) is 0 Å². The molecule has 0 radical (unpaired) electrons. The highest BCUT2D eigenvalue weighted by atomic mass is 16.2. The van der Waals surface area contributed by atoms with Crippen LogP contribution >= 0.6 is 0 Å². The highest BCUT2D eigenvalue weighted by molar-refractivity contribution is 6.01. The van der Waals surface area contributed by atoms with Crippen LogP contribution in [0, 0.1) is 13.8 Å². The first-order chi connectivity index (χ1) is 15.6. The van der Waals surface area contributed by atoms with E-state index in [-0.39, 0.29) is 11.9 Å². The average molecular weight is 425 g/mol. The maximum Gasteiger partial charge on any atom is 0.254 e. The zero-order chi connectivity index (χ0) is 22.1. The number of benzene rings is 3. The van der Waals surface area contributed by atoms with Gasteiger partial charge < -0.3 is 15.2 Å². The van der Waals surface area contributed by atoms with Gasteiger partial charge in [0.2, 0.25) is 5.95 Å². The first kappa shape index (κ1) is 20.3. The molecule has 0 aliphatic carbocycles. The van der Waals surface area contributed by atoms with Gasteiger partial charge in [-0.05, 0) is 67.1 Å². The van der Waals surface area contributed by atoms with Crippen molar-refractivity contribution >= 4 is 22.9 Å². The number of carbonyl (C=O) groups excluding carboxylic acids is 1. The minimum atomic E-state index is 0.0925. The number of carbonyl (C=O) groups is 1. The topological polar surface area (TPSA) is 61.0 Å². The standard InChI is InChI=1S/C27H28N4O/c1-18-13-14-20(16-19(18)2)22-9-3-4-10-23(22)26(32)31-15-7-8-21(17-31)28-27-29-24-11-5-6-12-25(24)30-27/h3-6,9-14,16,21H,7-8,15,17H2,1-2H3,(H2,28,29,30)/t21-/m1/s1. The molecule has 5 nitrogen and oxygen atoms in total. The lowest BCUT2D eigenvalue weighted by Gasteiger charge is -2.33. The average Bonchev–Trinajstić information content (AvgIpc) is 3.23. The molecule has 4 aromatic rings. The third-order valence-electron chi connectivity index (χ3n) is 6.41. The summed E-state index contributed by atoms with van der Waals surface area (Å²) in [5.41, 5.74) is 7.30. The Morgan fingerprint density at radius 2 is 1.84 bits per heavy atom. The van der Waals surface area contributed by atoms with E-state index in [9.17, 15) is 4.79 Å². The van der Waals surface area contributed by atoms with Crippen molar-refractivity contribution in [2.75, 3.05) is 18.4 Å². The zero-order valence-electron chi connectivity index (χ0n) is 18.6. The number of likely N-dealkylation sites (tertiary alicyclic amines) is 1. The SMILES string of the molecule is Cc1ccc(-c2ccccc2C(=O)N2CCC[C@@H](Nc3nc4ccccc4[nH]3)C2)cc1C. The van der Waals surface area contributed by atoms with Gasteiger partial charge >= 0.3 is 0 Å². The molecule has 0 unspecified atom stereocenters. The number of aryl methyl sites for hydroxylation is 2. The van der Waals surface area contributed by atoms with Crippen molar-refractivity contribution in [3.8, 4) is 11.1 Å². The minimum Gasteiger partial charge on any atom is -0.351 e. The maximum atomic E-state index is 13.6. The lowest BCUT2D eigenvalue weighted by molar-refractivity contribution is 0.0715. The summed E-state index contributed by atoms with van der Waals surface area (Å²) in [5.74, 6) is 0.857. The fourth-order valence-corrected chi connectivity index (χ4v) is 4.49. The number of aromatic amines is 1. The molecule has 1 fully saturated rings. The van der Waals surface area contributed by atoms with E-state index in [2.05, 4.69) is 47.3 Å². The third kappa shape index (κ3) is 3.98. The Labute approximate surface area is 188 Å². The Morgan fingerprint density at radius 1 is 1.03 bits per heavy atom. The quantitative estimate of drug-likeness (QED) is 0.451. The molecule has 0 spiro atoms. The molecular weight excluding hydrogens is 396 g/mol. The Balaban J connectivity index is 1.36. The normalized spacial score (nSPS) is 16.3. The van der Waals surface area contributed by atoms with Crippen LogP contribution in [0.3, 0.4) is 0 Å². The predicted molar refractivity (Wildman–Crippen MR) is 130 cm³/mol. The zero-order valence-corrected chi connectivity index (χ0v) is 18.6. The summed E-state index contributed by atoms with van der Waals surface area (Å²) < 4.78 is 0. The van der Waals surface area contributed by atoms with E-state index in [4.69, 9.17) is 0 Å². The molecule has 0 bridgehead atoms. The summed E-state index contributed by atoms with van der Waals surface area (Å²) in [4.78, 5) is 23.5. The van der Waals surface area contributed by atoms with Crippen LogP contribution in [0.1, 0.15) is 34.3 Å². The summed E-state index contributed by atoms with van der Waals surface area (Å²) in [6.07, 6.45) is 1.98. The lowest BCUT2D eigenvalue weighted by Crippen LogP contribution is -2.45. The van der Waals surface area contributed by atoms with Crippen LogP contribution in [-0.4, -0.2) is 39.9 Å². The molecule has 162 valence electrons. The molecule has 1 aliphatic heterocycles. The molecule has 5 rings (SSSR count).